The second-order valence-corrected chi connectivity index (χ2v) is 7.96. The molecule has 0 saturated heterocycles. The van der Waals surface area contributed by atoms with Gasteiger partial charge in [-0.3, -0.25) is 4.79 Å². The van der Waals surface area contributed by atoms with Gasteiger partial charge in [0, 0.05) is 26.5 Å². The molecule has 3 rings (SSSR count). The van der Waals surface area contributed by atoms with Gasteiger partial charge >= 0.3 is 5.97 Å². The van der Waals surface area contributed by atoms with Crippen LogP contribution in [-0.2, 0) is 9.53 Å². The minimum atomic E-state index is -0.515. The SMILES string of the molecule is COC(=O)c1c(-c2ccc(Cl)cc2)csc1NC(=O)/C=C/c1ccc(Br)cc1. The fourth-order valence-corrected chi connectivity index (χ4v) is 3.85. The van der Waals surface area contributed by atoms with Crippen LogP contribution in [0.1, 0.15) is 15.9 Å². The fraction of sp³-hybridized carbons (Fsp3) is 0.0476. The Kier molecular flexibility index (Phi) is 6.67. The predicted molar refractivity (Wildman–Crippen MR) is 118 cm³/mol. The molecule has 0 aliphatic heterocycles. The summed E-state index contributed by atoms with van der Waals surface area (Å²) in [5.41, 5.74) is 2.70. The summed E-state index contributed by atoms with van der Waals surface area (Å²) >= 11 is 10.6. The van der Waals surface area contributed by atoms with Crippen molar-refractivity contribution in [1.82, 2.24) is 0 Å². The van der Waals surface area contributed by atoms with Crippen molar-refractivity contribution in [2.45, 2.75) is 0 Å². The molecule has 28 heavy (non-hydrogen) atoms. The first-order valence-corrected chi connectivity index (χ1v) is 10.2. The number of esters is 1. The first kappa shape index (κ1) is 20.3. The first-order chi connectivity index (χ1) is 13.5. The van der Waals surface area contributed by atoms with Gasteiger partial charge in [0.05, 0.1) is 7.11 Å². The van der Waals surface area contributed by atoms with Crippen LogP contribution in [0.4, 0.5) is 5.00 Å². The van der Waals surface area contributed by atoms with E-state index in [0.717, 1.165) is 15.6 Å². The molecule has 0 spiro atoms. The van der Waals surface area contributed by atoms with Gasteiger partial charge in [-0.1, -0.05) is 51.8 Å². The lowest BCUT2D eigenvalue weighted by Gasteiger charge is -2.07. The standard InChI is InChI=1S/C21H15BrClNO3S/c1-27-21(26)19-17(14-5-9-16(23)10-6-14)12-28-20(19)24-18(25)11-4-13-2-7-15(22)8-3-13/h2-12H,1H3,(H,24,25)/b11-4+. The van der Waals surface area contributed by atoms with Crippen LogP contribution < -0.4 is 5.32 Å². The number of anilines is 1. The molecule has 0 radical (unpaired) electrons. The summed E-state index contributed by atoms with van der Waals surface area (Å²) in [7, 11) is 1.31. The number of hydrogen-bond acceptors (Lipinski definition) is 4. The Morgan fingerprint density at radius 1 is 1.11 bits per heavy atom. The maximum Gasteiger partial charge on any atom is 0.341 e. The third-order valence-corrected chi connectivity index (χ3v) is 5.55. The maximum absolute atomic E-state index is 12.3. The van der Waals surface area contributed by atoms with Crippen molar-refractivity contribution in [3.8, 4) is 11.1 Å². The molecule has 0 unspecified atom stereocenters. The first-order valence-electron chi connectivity index (χ1n) is 8.18. The zero-order chi connectivity index (χ0) is 20.1. The number of rotatable bonds is 5. The summed E-state index contributed by atoms with van der Waals surface area (Å²) in [5, 5.41) is 5.61. The van der Waals surface area contributed by atoms with Gasteiger partial charge in [-0.05, 0) is 41.5 Å². The minimum Gasteiger partial charge on any atom is -0.465 e. The Bertz CT molecular complexity index is 1030. The Balaban J connectivity index is 1.85. The summed E-state index contributed by atoms with van der Waals surface area (Å²) in [6.45, 7) is 0. The molecule has 7 heteroatoms. The lowest BCUT2D eigenvalue weighted by molar-refractivity contribution is -0.111. The summed E-state index contributed by atoms with van der Waals surface area (Å²) < 4.78 is 5.87. The molecule has 4 nitrogen and oxygen atoms in total. The zero-order valence-corrected chi connectivity index (χ0v) is 17.9. The normalized spacial score (nSPS) is 10.8. The fourth-order valence-electron chi connectivity index (χ4n) is 2.50. The van der Waals surface area contributed by atoms with Crippen molar-refractivity contribution in [2.24, 2.45) is 0 Å². The summed E-state index contributed by atoms with van der Waals surface area (Å²) in [4.78, 5) is 24.7. The molecular formula is C21H15BrClNO3S. The van der Waals surface area contributed by atoms with E-state index in [1.165, 1.54) is 24.5 Å². The van der Waals surface area contributed by atoms with E-state index in [9.17, 15) is 9.59 Å². The van der Waals surface area contributed by atoms with Crippen molar-refractivity contribution < 1.29 is 14.3 Å². The van der Waals surface area contributed by atoms with Gasteiger partial charge in [-0.25, -0.2) is 4.79 Å². The highest BCUT2D eigenvalue weighted by Gasteiger charge is 2.21. The molecular weight excluding hydrogens is 462 g/mol. The molecule has 0 fully saturated rings. The van der Waals surface area contributed by atoms with Crippen LogP contribution in [0.5, 0.6) is 0 Å². The molecule has 1 aromatic heterocycles. The average molecular weight is 477 g/mol. The van der Waals surface area contributed by atoms with Gasteiger partial charge in [0.2, 0.25) is 5.91 Å². The summed E-state index contributed by atoms with van der Waals surface area (Å²) in [6.07, 6.45) is 3.12. The smallest absolute Gasteiger partial charge is 0.341 e. The number of nitrogens with one attached hydrogen (secondary N) is 1. The number of thiophene rings is 1. The molecule has 0 aliphatic carbocycles. The molecule has 0 atom stereocenters. The van der Waals surface area contributed by atoms with E-state index < -0.39 is 5.97 Å². The number of benzene rings is 2. The molecule has 3 aromatic rings. The van der Waals surface area contributed by atoms with Crippen LogP contribution in [0.3, 0.4) is 0 Å². The van der Waals surface area contributed by atoms with Crippen LogP contribution in [0.25, 0.3) is 17.2 Å². The Hall–Kier alpha value is -2.41. The number of methoxy groups -OCH3 is 1. The van der Waals surface area contributed by atoms with Crippen LogP contribution >= 0.6 is 38.9 Å². The van der Waals surface area contributed by atoms with Crippen molar-refractivity contribution in [3.63, 3.8) is 0 Å². The number of hydrogen-bond donors (Lipinski definition) is 1. The largest absolute Gasteiger partial charge is 0.465 e. The van der Waals surface area contributed by atoms with Crippen molar-refractivity contribution in [1.29, 1.82) is 0 Å². The number of halogens is 2. The quantitative estimate of drug-likeness (QED) is 0.349. The zero-order valence-electron chi connectivity index (χ0n) is 14.7. The van der Waals surface area contributed by atoms with E-state index >= 15 is 0 Å². The van der Waals surface area contributed by atoms with Gasteiger partial charge < -0.3 is 10.1 Å². The Morgan fingerprint density at radius 3 is 2.43 bits per heavy atom. The van der Waals surface area contributed by atoms with Crippen molar-refractivity contribution in [3.05, 3.63) is 80.6 Å². The van der Waals surface area contributed by atoms with Crippen LogP contribution in [-0.4, -0.2) is 19.0 Å². The second kappa shape index (κ2) is 9.19. The van der Waals surface area contributed by atoms with E-state index in [2.05, 4.69) is 21.2 Å². The number of carbonyl (C=O) groups excluding carboxylic acids is 2. The summed E-state index contributed by atoms with van der Waals surface area (Å²) in [6, 6.07) is 14.7. The van der Waals surface area contributed by atoms with E-state index in [1.807, 2.05) is 41.8 Å². The Labute approximate surface area is 179 Å². The molecule has 1 amide bonds. The van der Waals surface area contributed by atoms with Gasteiger partial charge in [0.1, 0.15) is 10.6 Å². The number of ether oxygens (including phenoxy) is 1. The molecule has 0 bridgehead atoms. The number of amides is 1. The highest BCUT2D eigenvalue weighted by atomic mass is 79.9. The molecule has 1 N–H and O–H groups in total. The van der Waals surface area contributed by atoms with Gasteiger partial charge in [0.25, 0.3) is 0 Å². The highest BCUT2D eigenvalue weighted by Crippen LogP contribution is 2.36. The van der Waals surface area contributed by atoms with Gasteiger partial charge in [-0.2, -0.15) is 0 Å². The molecule has 1 heterocycles. The van der Waals surface area contributed by atoms with Crippen molar-refractivity contribution in [2.75, 3.05) is 12.4 Å². The number of carbonyl (C=O) groups is 2. The third kappa shape index (κ3) is 4.90. The van der Waals surface area contributed by atoms with Crippen LogP contribution in [0.2, 0.25) is 5.02 Å². The lowest BCUT2D eigenvalue weighted by Crippen LogP contribution is -2.11. The maximum atomic E-state index is 12.3. The minimum absolute atomic E-state index is 0.320. The highest BCUT2D eigenvalue weighted by molar-refractivity contribution is 9.10. The summed E-state index contributed by atoms with van der Waals surface area (Å²) in [5.74, 6) is -0.851. The molecule has 142 valence electrons. The molecule has 0 saturated carbocycles. The van der Waals surface area contributed by atoms with E-state index in [1.54, 1.807) is 18.2 Å². The van der Waals surface area contributed by atoms with E-state index in [-0.39, 0.29) is 5.91 Å². The molecule has 2 aromatic carbocycles. The topological polar surface area (TPSA) is 55.4 Å². The van der Waals surface area contributed by atoms with Crippen LogP contribution in [0, 0.1) is 0 Å². The predicted octanol–water partition coefficient (Wildman–Crippen LogP) is 6.27. The Morgan fingerprint density at radius 2 is 1.79 bits per heavy atom. The average Bonchev–Trinajstić information content (AvgIpc) is 3.11. The molecule has 0 aliphatic rings. The van der Waals surface area contributed by atoms with Gasteiger partial charge in [0.15, 0.2) is 0 Å². The third-order valence-electron chi connectivity index (χ3n) is 3.87. The second-order valence-electron chi connectivity index (χ2n) is 5.73. The van der Waals surface area contributed by atoms with E-state index in [0.29, 0.717) is 21.2 Å². The van der Waals surface area contributed by atoms with E-state index in [4.69, 9.17) is 16.3 Å². The van der Waals surface area contributed by atoms with Crippen molar-refractivity contribution >= 4 is 61.8 Å². The monoisotopic (exact) mass is 475 g/mol. The van der Waals surface area contributed by atoms with Gasteiger partial charge in [-0.15, -0.1) is 11.3 Å². The lowest BCUT2D eigenvalue weighted by atomic mass is 10.0. The van der Waals surface area contributed by atoms with Crippen LogP contribution in [0.15, 0.2) is 64.5 Å².